The molecule has 120 valence electrons. The third kappa shape index (κ3) is 3.69. The summed E-state index contributed by atoms with van der Waals surface area (Å²) in [5.74, 6) is 1.21. The maximum absolute atomic E-state index is 12.7. The number of amides is 1. The van der Waals surface area contributed by atoms with Crippen LogP contribution >= 0.6 is 11.3 Å². The molecule has 3 heterocycles. The molecule has 3 aromatic rings. The van der Waals surface area contributed by atoms with Crippen molar-refractivity contribution >= 4 is 17.2 Å². The number of furan rings is 2. The molecular weight excluding hydrogens is 316 g/mol. The molecule has 0 unspecified atom stereocenters. The van der Waals surface area contributed by atoms with Crippen LogP contribution in [0.4, 0.5) is 0 Å². The molecule has 6 nitrogen and oxygen atoms in total. The molecule has 1 amide bonds. The standard InChI is InChI=1S/C16H16N2O4S/c1-20-9-6-18(10-12-4-2-7-21-12)16(19)13-11-23-15(17-13)14-5-3-8-22-14/h2-5,7-8,11H,6,9-10H2,1H3. The van der Waals surface area contributed by atoms with Gasteiger partial charge in [0.15, 0.2) is 10.8 Å². The van der Waals surface area contributed by atoms with Gasteiger partial charge in [0.05, 0.1) is 25.7 Å². The first-order valence-electron chi connectivity index (χ1n) is 7.08. The van der Waals surface area contributed by atoms with Crippen LogP contribution in [0.15, 0.2) is 51.0 Å². The van der Waals surface area contributed by atoms with E-state index >= 15 is 0 Å². The molecule has 0 N–H and O–H groups in total. The monoisotopic (exact) mass is 332 g/mol. The molecule has 0 aromatic carbocycles. The smallest absolute Gasteiger partial charge is 0.273 e. The van der Waals surface area contributed by atoms with E-state index in [4.69, 9.17) is 13.6 Å². The van der Waals surface area contributed by atoms with E-state index in [1.165, 1.54) is 11.3 Å². The summed E-state index contributed by atoms with van der Waals surface area (Å²) in [7, 11) is 1.60. The van der Waals surface area contributed by atoms with Crippen LogP contribution in [0, 0.1) is 0 Å². The van der Waals surface area contributed by atoms with Crippen LogP contribution < -0.4 is 0 Å². The van der Waals surface area contributed by atoms with E-state index in [1.54, 1.807) is 42.0 Å². The lowest BCUT2D eigenvalue weighted by Gasteiger charge is -2.20. The molecule has 0 aliphatic heterocycles. The van der Waals surface area contributed by atoms with E-state index in [0.717, 1.165) is 5.76 Å². The summed E-state index contributed by atoms with van der Waals surface area (Å²) in [4.78, 5) is 18.7. The Kier molecular flexibility index (Phi) is 4.89. The topological polar surface area (TPSA) is 68.7 Å². The van der Waals surface area contributed by atoms with Crippen molar-refractivity contribution in [1.82, 2.24) is 9.88 Å². The van der Waals surface area contributed by atoms with Gasteiger partial charge < -0.3 is 18.5 Å². The highest BCUT2D eigenvalue weighted by Gasteiger charge is 2.20. The number of methoxy groups -OCH3 is 1. The van der Waals surface area contributed by atoms with Gasteiger partial charge in [0, 0.05) is 19.0 Å². The first kappa shape index (κ1) is 15.5. The lowest BCUT2D eigenvalue weighted by molar-refractivity contribution is 0.0661. The second-order valence-corrected chi connectivity index (χ2v) is 5.67. The first-order chi connectivity index (χ1) is 11.3. The second-order valence-electron chi connectivity index (χ2n) is 4.81. The Labute approximate surface area is 137 Å². The molecule has 0 saturated heterocycles. The quantitative estimate of drug-likeness (QED) is 0.664. The third-order valence-corrected chi connectivity index (χ3v) is 4.09. The van der Waals surface area contributed by atoms with E-state index in [2.05, 4.69) is 4.98 Å². The van der Waals surface area contributed by atoms with Crippen molar-refractivity contribution in [2.75, 3.05) is 20.3 Å². The molecule has 3 aromatic heterocycles. The summed E-state index contributed by atoms with van der Waals surface area (Å²) >= 11 is 1.38. The van der Waals surface area contributed by atoms with Gasteiger partial charge in [-0.3, -0.25) is 4.79 Å². The zero-order chi connectivity index (χ0) is 16.1. The highest BCUT2D eigenvalue weighted by molar-refractivity contribution is 7.13. The fourth-order valence-corrected chi connectivity index (χ4v) is 2.85. The van der Waals surface area contributed by atoms with Crippen molar-refractivity contribution in [3.05, 3.63) is 53.6 Å². The van der Waals surface area contributed by atoms with E-state index in [1.807, 2.05) is 12.1 Å². The van der Waals surface area contributed by atoms with Crippen LogP contribution in [-0.4, -0.2) is 36.1 Å². The van der Waals surface area contributed by atoms with Crippen molar-refractivity contribution in [3.63, 3.8) is 0 Å². The Morgan fingerprint density at radius 1 is 1.30 bits per heavy atom. The molecular formula is C16H16N2O4S. The molecule has 23 heavy (non-hydrogen) atoms. The van der Waals surface area contributed by atoms with Gasteiger partial charge >= 0.3 is 0 Å². The number of rotatable bonds is 7. The average molecular weight is 332 g/mol. The van der Waals surface area contributed by atoms with Gasteiger partial charge in [-0.15, -0.1) is 11.3 Å². The van der Waals surface area contributed by atoms with E-state index in [9.17, 15) is 4.79 Å². The minimum atomic E-state index is -0.160. The average Bonchev–Trinajstić information content (AvgIpc) is 3.32. The van der Waals surface area contributed by atoms with Crippen LogP contribution in [-0.2, 0) is 11.3 Å². The number of aromatic nitrogens is 1. The molecule has 7 heteroatoms. The summed E-state index contributed by atoms with van der Waals surface area (Å²) in [5.41, 5.74) is 0.393. The van der Waals surface area contributed by atoms with E-state index in [-0.39, 0.29) is 5.91 Å². The molecule has 0 fully saturated rings. The van der Waals surface area contributed by atoms with Crippen LogP contribution in [0.2, 0.25) is 0 Å². The highest BCUT2D eigenvalue weighted by Crippen LogP contribution is 2.24. The molecule has 0 aliphatic rings. The lowest BCUT2D eigenvalue weighted by Crippen LogP contribution is -2.33. The molecule has 0 aliphatic carbocycles. The molecule has 0 atom stereocenters. The van der Waals surface area contributed by atoms with Crippen molar-refractivity contribution in [1.29, 1.82) is 0 Å². The maximum atomic E-state index is 12.7. The minimum absolute atomic E-state index is 0.160. The molecule has 3 rings (SSSR count). The van der Waals surface area contributed by atoms with E-state index < -0.39 is 0 Å². The zero-order valence-corrected chi connectivity index (χ0v) is 13.4. The number of nitrogens with zero attached hydrogens (tertiary/aromatic N) is 2. The highest BCUT2D eigenvalue weighted by atomic mass is 32.1. The van der Waals surface area contributed by atoms with Crippen molar-refractivity contribution in [2.45, 2.75) is 6.54 Å². The Balaban J connectivity index is 1.77. The van der Waals surface area contributed by atoms with Gasteiger partial charge in [-0.1, -0.05) is 0 Å². The first-order valence-corrected chi connectivity index (χ1v) is 7.96. The number of ether oxygens (including phenoxy) is 1. The van der Waals surface area contributed by atoms with E-state index in [0.29, 0.717) is 36.2 Å². The number of hydrogen-bond acceptors (Lipinski definition) is 6. The fourth-order valence-electron chi connectivity index (χ4n) is 2.09. The number of carbonyl (C=O) groups excluding carboxylic acids is 1. The summed E-state index contributed by atoms with van der Waals surface area (Å²) in [5, 5.41) is 2.42. The number of thiazole rings is 1. The summed E-state index contributed by atoms with van der Waals surface area (Å²) in [6.45, 7) is 1.29. The van der Waals surface area contributed by atoms with Gasteiger partial charge in [0.1, 0.15) is 11.5 Å². The number of hydrogen-bond donors (Lipinski definition) is 0. The Hall–Kier alpha value is -2.38. The van der Waals surface area contributed by atoms with Gasteiger partial charge in [-0.05, 0) is 24.3 Å². The largest absolute Gasteiger partial charge is 0.467 e. The summed E-state index contributed by atoms with van der Waals surface area (Å²) < 4.78 is 15.7. The fraction of sp³-hybridized carbons (Fsp3) is 0.250. The van der Waals surface area contributed by atoms with Crippen molar-refractivity contribution in [2.24, 2.45) is 0 Å². The van der Waals surface area contributed by atoms with Gasteiger partial charge in [0.2, 0.25) is 0 Å². The molecule has 0 spiro atoms. The Morgan fingerprint density at radius 3 is 2.83 bits per heavy atom. The maximum Gasteiger partial charge on any atom is 0.273 e. The Morgan fingerprint density at radius 2 is 2.13 bits per heavy atom. The molecule has 0 bridgehead atoms. The summed E-state index contributed by atoms with van der Waals surface area (Å²) in [6, 6.07) is 7.24. The lowest BCUT2D eigenvalue weighted by atomic mass is 10.3. The molecule has 0 radical (unpaired) electrons. The van der Waals surface area contributed by atoms with Crippen LogP contribution in [0.25, 0.3) is 10.8 Å². The van der Waals surface area contributed by atoms with Gasteiger partial charge in [0.25, 0.3) is 5.91 Å². The minimum Gasteiger partial charge on any atom is -0.467 e. The Bertz CT molecular complexity index is 734. The SMILES string of the molecule is COCCN(Cc1ccco1)C(=O)c1csc(-c2ccco2)n1. The number of carbonyl (C=O) groups is 1. The van der Waals surface area contributed by atoms with Crippen LogP contribution in [0.5, 0.6) is 0 Å². The van der Waals surface area contributed by atoms with Crippen molar-refractivity contribution in [3.8, 4) is 10.8 Å². The van der Waals surface area contributed by atoms with Crippen LogP contribution in [0.3, 0.4) is 0 Å². The van der Waals surface area contributed by atoms with Crippen LogP contribution in [0.1, 0.15) is 16.2 Å². The van der Waals surface area contributed by atoms with Gasteiger partial charge in [-0.2, -0.15) is 0 Å². The normalized spacial score (nSPS) is 10.8. The van der Waals surface area contributed by atoms with Crippen molar-refractivity contribution < 1.29 is 18.4 Å². The predicted octanol–water partition coefficient (Wildman–Crippen LogP) is 3.28. The third-order valence-electron chi connectivity index (χ3n) is 3.23. The summed E-state index contributed by atoms with van der Waals surface area (Å²) in [6.07, 6.45) is 3.17. The zero-order valence-electron chi connectivity index (χ0n) is 12.6. The predicted molar refractivity (Wildman–Crippen MR) is 85.1 cm³/mol. The molecule has 0 saturated carbocycles. The van der Waals surface area contributed by atoms with Gasteiger partial charge in [-0.25, -0.2) is 4.98 Å². The second kappa shape index (κ2) is 7.26.